The Bertz CT molecular complexity index is 305. The van der Waals surface area contributed by atoms with Gasteiger partial charge in [-0.05, 0) is 37.9 Å². The molecule has 0 bridgehead atoms. The van der Waals surface area contributed by atoms with Crippen LogP contribution in [0, 0.1) is 5.92 Å². The van der Waals surface area contributed by atoms with Crippen LogP contribution in [0.2, 0.25) is 0 Å². The van der Waals surface area contributed by atoms with E-state index < -0.39 is 0 Å². The molecule has 3 nitrogen and oxygen atoms in total. The number of carbonyl (C=O) groups is 1. The van der Waals surface area contributed by atoms with Crippen LogP contribution in [0.3, 0.4) is 0 Å². The average molecular weight is 284 g/mol. The summed E-state index contributed by atoms with van der Waals surface area (Å²) in [6, 6.07) is 0.0650. The fourth-order valence-electron chi connectivity index (χ4n) is 3.35. The van der Waals surface area contributed by atoms with Crippen LogP contribution in [0.25, 0.3) is 0 Å². The van der Waals surface area contributed by atoms with Crippen molar-refractivity contribution in [3.63, 3.8) is 0 Å². The second-order valence-corrected chi connectivity index (χ2v) is 7.26. The molecule has 0 aromatic rings. The van der Waals surface area contributed by atoms with Gasteiger partial charge in [0.15, 0.2) is 0 Å². The van der Waals surface area contributed by atoms with E-state index in [2.05, 4.69) is 30.3 Å². The van der Waals surface area contributed by atoms with Crippen LogP contribution in [0.4, 0.5) is 0 Å². The summed E-state index contributed by atoms with van der Waals surface area (Å²) in [5, 5.41) is 4.23. The van der Waals surface area contributed by atoms with Crippen molar-refractivity contribution in [3.8, 4) is 0 Å². The standard InChI is InChI=1S/C15H28N2OS/c1-4-13-15(18)17(10-9-11(2)19-3)14(16-13)12-7-5-6-8-12/h11-14,16H,4-10H2,1-3H3. The summed E-state index contributed by atoms with van der Waals surface area (Å²) in [6.07, 6.45) is 9.73. The molecule has 1 aliphatic carbocycles. The summed E-state index contributed by atoms with van der Waals surface area (Å²) in [4.78, 5) is 14.6. The maximum absolute atomic E-state index is 12.5. The number of hydrogen-bond acceptors (Lipinski definition) is 3. The van der Waals surface area contributed by atoms with Gasteiger partial charge in [0.25, 0.3) is 0 Å². The van der Waals surface area contributed by atoms with Crippen molar-refractivity contribution in [2.24, 2.45) is 5.92 Å². The minimum absolute atomic E-state index is 0.0650. The number of nitrogens with zero attached hydrogens (tertiary/aromatic N) is 1. The maximum Gasteiger partial charge on any atom is 0.241 e. The first kappa shape index (κ1) is 15.2. The molecule has 1 saturated heterocycles. The van der Waals surface area contributed by atoms with Crippen molar-refractivity contribution >= 4 is 17.7 Å². The Morgan fingerprint density at radius 3 is 2.68 bits per heavy atom. The first-order valence-corrected chi connectivity index (χ1v) is 9.05. The molecule has 1 N–H and O–H groups in total. The summed E-state index contributed by atoms with van der Waals surface area (Å²) in [5.74, 6) is 1.03. The van der Waals surface area contributed by atoms with Crippen molar-refractivity contribution in [1.82, 2.24) is 10.2 Å². The summed E-state index contributed by atoms with van der Waals surface area (Å²) < 4.78 is 0. The predicted octanol–water partition coefficient (Wildman–Crippen LogP) is 2.85. The van der Waals surface area contributed by atoms with Gasteiger partial charge in [0.2, 0.25) is 5.91 Å². The minimum Gasteiger partial charge on any atom is -0.325 e. The van der Waals surface area contributed by atoms with Gasteiger partial charge in [0.1, 0.15) is 0 Å². The van der Waals surface area contributed by atoms with Gasteiger partial charge >= 0.3 is 0 Å². The SMILES string of the molecule is CCC1NC(C2CCCC2)N(CCC(C)SC)C1=O. The van der Waals surface area contributed by atoms with E-state index in [0.717, 1.165) is 19.4 Å². The Kier molecular flexibility index (Phi) is 5.58. The van der Waals surface area contributed by atoms with Gasteiger partial charge in [-0.15, -0.1) is 0 Å². The summed E-state index contributed by atoms with van der Waals surface area (Å²) in [5.41, 5.74) is 0. The van der Waals surface area contributed by atoms with Gasteiger partial charge in [0.05, 0.1) is 12.2 Å². The Morgan fingerprint density at radius 2 is 2.11 bits per heavy atom. The smallest absolute Gasteiger partial charge is 0.241 e. The zero-order chi connectivity index (χ0) is 13.8. The number of thioether (sulfide) groups is 1. The Hall–Kier alpha value is -0.220. The molecule has 19 heavy (non-hydrogen) atoms. The second kappa shape index (κ2) is 6.98. The lowest BCUT2D eigenvalue weighted by atomic mass is 10.0. The minimum atomic E-state index is 0.0650. The third-order valence-corrected chi connectivity index (χ3v) is 5.76. The van der Waals surface area contributed by atoms with Gasteiger partial charge in [0, 0.05) is 11.8 Å². The molecule has 1 heterocycles. The molecule has 0 radical (unpaired) electrons. The molecule has 0 spiro atoms. The molecular weight excluding hydrogens is 256 g/mol. The van der Waals surface area contributed by atoms with E-state index in [4.69, 9.17) is 0 Å². The van der Waals surface area contributed by atoms with Crippen molar-refractivity contribution in [2.75, 3.05) is 12.8 Å². The number of nitrogens with one attached hydrogen (secondary N) is 1. The number of carbonyl (C=O) groups excluding carboxylic acids is 1. The maximum atomic E-state index is 12.5. The first-order chi connectivity index (χ1) is 9.17. The highest BCUT2D eigenvalue weighted by atomic mass is 32.2. The predicted molar refractivity (Wildman–Crippen MR) is 82.3 cm³/mol. The molecule has 0 aromatic carbocycles. The van der Waals surface area contributed by atoms with Crippen LogP contribution in [0.15, 0.2) is 0 Å². The Labute approximate surface area is 121 Å². The molecule has 1 saturated carbocycles. The van der Waals surface area contributed by atoms with E-state index in [1.54, 1.807) is 0 Å². The third-order valence-electron chi connectivity index (χ3n) is 4.72. The van der Waals surface area contributed by atoms with Crippen LogP contribution >= 0.6 is 11.8 Å². The zero-order valence-electron chi connectivity index (χ0n) is 12.5. The van der Waals surface area contributed by atoms with Gasteiger partial charge < -0.3 is 4.90 Å². The van der Waals surface area contributed by atoms with Gasteiger partial charge in [-0.25, -0.2) is 0 Å². The molecule has 1 amide bonds. The molecule has 2 rings (SSSR count). The van der Waals surface area contributed by atoms with Crippen molar-refractivity contribution in [2.45, 2.75) is 69.8 Å². The van der Waals surface area contributed by atoms with Crippen LogP contribution in [-0.2, 0) is 4.79 Å². The van der Waals surface area contributed by atoms with Gasteiger partial charge in [-0.3, -0.25) is 10.1 Å². The molecule has 3 unspecified atom stereocenters. The van der Waals surface area contributed by atoms with Crippen LogP contribution in [0.5, 0.6) is 0 Å². The van der Waals surface area contributed by atoms with E-state index in [-0.39, 0.29) is 6.04 Å². The lowest BCUT2D eigenvalue weighted by molar-refractivity contribution is -0.130. The van der Waals surface area contributed by atoms with E-state index in [1.165, 1.54) is 25.7 Å². The van der Waals surface area contributed by atoms with Gasteiger partial charge in [-0.1, -0.05) is 26.7 Å². The lowest BCUT2D eigenvalue weighted by Gasteiger charge is -2.29. The van der Waals surface area contributed by atoms with E-state index in [0.29, 0.717) is 23.2 Å². The normalized spacial score (nSPS) is 30.3. The highest BCUT2D eigenvalue weighted by molar-refractivity contribution is 7.99. The Morgan fingerprint density at radius 1 is 1.42 bits per heavy atom. The fraction of sp³-hybridized carbons (Fsp3) is 0.933. The molecule has 110 valence electrons. The molecule has 0 aromatic heterocycles. The second-order valence-electron chi connectivity index (χ2n) is 5.98. The third kappa shape index (κ3) is 3.46. The molecule has 2 fully saturated rings. The monoisotopic (exact) mass is 284 g/mol. The van der Waals surface area contributed by atoms with E-state index in [9.17, 15) is 4.79 Å². The topological polar surface area (TPSA) is 32.3 Å². The molecule has 3 atom stereocenters. The number of rotatable bonds is 6. The fourth-order valence-corrected chi connectivity index (χ4v) is 3.69. The van der Waals surface area contributed by atoms with Crippen LogP contribution < -0.4 is 5.32 Å². The van der Waals surface area contributed by atoms with Crippen molar-refractivity contribution < 1.29 is 4.79 Å². The van der Waals surface area contributed by atoms with Crippen molar-refractivity contribution in [3.05, 3.63) is 0 Å². The molecule has 2 aliphatic rings. The highest BCUT2D eigenvalue weighted by Gasteiger charge is 2.42. The lowest BCUT2D eigenvalue weighted by Crippen LogP contribution is -2.43. The average Bonchev–Trinajstić information content (AvgIpc) is 3.04. The van der Waals surface area contributed by atoms with E-state index in [1.807, 2.05) is 11.8 Å². The van der Waals surface area contributed by atoms with Gasteiger partial charge in [-0.2, -0.15) is 11.8 Å². The molecular formula is C15H28N2OS. The van der Waals surface area contributed by atoms with E-state index >= 15 is 0 Å². The largest absolute Gasteiger partial charge is 0.325 e. The zero-order valence-corrected chi connectivity index (χ0v) is 13.3. The summed E-state index contributed by atoms with van der Waals surface area (Å²) >= 11 is 1.89. The van der Waals surface area contributed by atoms with Crippen molar-refractivity contribution in [1.29, 1.82) is 0 Å². The van der Waals surface area contributed by atoms with Crippen LogP contribution in [0.1, 0.15) is 52.4 Å². The molecule has 1 aliphatic heterocycles. The number of amides is 1. The highest BCUT2D eigenvalue weighted by Crippen LogP contribution is 2.32. The van der Waals surface area contributed by atoms with Crippen LogP contribution in [-0.4, -0.2) is 41.1 Å². The Balaban J connectivity index is 1.99. The molecule has 4 heteroatoms. The summed E-state index contributed by atoms with van der Waals surface area (Å²) in [7, 11) is 0. The quantitative estimate of drug-likeness (QED) is 0.814. The first-order valence-electron chi connectivity index (χ1n) is 7.76. The number of hydrogen-bond donors (Lipinski definition) is 1. The summed E-state index contributed by atoms with van der Waals surface area (Å²) in [6.45, 7) is 5.28.